The number of hydrogen-bond acceptors (Lipinski definition) is 7. The highest BCUT2D eigenvalue weighted by atomic mass is 16.6. The maximum absolute atomic E-state index is 12.6. The lowest BCUT2D eigenvalue weighted by molar-refractivity contribution is -0.165. The third-order valence-electron chi connectivity index (χ3n) is 3.66. The summed E-state index contributed by atoms with van der Waals surface area (Å²) in [6, 6.07) is -0.920. The number of hydrogen-bond donors (Lipinski definition) is 0. The summed E-state index contributed by atoms with van der Waals surface area (Å²) < 4.78 is 15.5. The lowest BCUT2D eigenvalue weighted by Crippen LogP contribution is -2.45. The van der Waals surface area contributed by atoms with Crippen LogP contribution in [-0.2, 0) is 33.4 Å². The lowest BCUT2D eigenvalue weighted by Gasteiger charge is -2.30. The summed E-state index contributed by atoms with van der Waals surface area (Å²) in [7, 11) is 1.50. The van der Waals surface area contributed by atoms with Crippen molar-refractivity contribution < 1.29 is 33.4 Å². The van der Waals surface area contributed by atoms with E-state index in [9.17, 15) is 19.2 Å². The molecule has 0 saturated heterocycles. The second-order valence-electron chi connectivity index (χ2n) is 8.84. The van der Waals surface area contributed by atoms with E-state index in [0.29, 0.717) is 6.42 Å². The maximum atomic E-state index is 12.6. The van der Waals surface area contributed by atoms with E-state index in [1.807, 2.05) is 0 Å². The van der Waals surface area contributed by atoms with Crippen LogP contribution >= 0.6 is 0 Å². The molecule has 8 heteroatoms. The molecule has 0 rings (SSSR count). The number of esters is 3. The molecule has 0 spiro atoms. The molecule has 0 heterocycles. The minimum atomic E-state index is -0.920. The average Bonchev–Trinajstić information content (AvgIpc) is 2.51. The van der Waals surface area contributed by atoms with Gasteiger partial charge in [0.2, 0.25) is 5.91 Å². The van der Waals surface area contributed by atoms with Crippen LogP contribution in [0.3, 0.4) is 0 Å². The van der Waals surface area contributed by atoms with Gasteiger partial charge in [-0.15, -0.1) is 0 Å². The highest BCUT2D eigenvalue weighted by Crippen LogP contribution is 2.17. The first-order valence-corrected chi connectivity index (χ1v) is 10.0. The number of carbonyl (C=O) groups is 4. The van der Waals surface area contributed by atoms with Crippen molar-refractivity contribution in [2.45, 2.75) is 97.8 Å². The van der Waals surface area contributed by atoms with Crippen molar-refractivity contribution in [1.82, 2.24) is 4.90 Å². The van der Waals surface area contributed by atoms with Gasteiger partial charge >= 0.3 is 17.9 Å². The van der Waals surface area contributed by atoms with E-state index in [1.165, 1.54) is 11.9 Å². The van der Waals surface area contributed by atoms with E-state index in [1.54, 1.807) is 48.5 Å². The van der Waals surface area contributed by atoms with Crippen molar-refractivity contribution >= 4 is 23.8 Å². The van der Waals surface area contributed by atoms with Crippen LogP contribution in [0.15, 0.2) is 0 Å². The van der Waals surface area contributed by atoms with Gasteiger partial charge in [0.1, 0.15) is 17.2 Å². The molecular formula is C21H37NO7. The van der Waals surface area contributed by atoms with Gasteiger partial charge in [-0.05, 0) is 61.3 Å². The Bertz CT molecular complexity index is 573. The van der Waals surface area contributed by atoms with Crippen LogP contribution in [0, 0.1) is 0 Å². The minimum absolute atomic E-state index is 0.0262. The first kappa shape index (κ1) is 26.9. The Morgan fingerprint density at radius 1 is 0.828 bits per heavy atom. The van der Waals surface area contributed by atoms with Crippen molar-refractivity contribution in [3.8, 4) is 0 Å². The molecule has 168 valence electrons. The molecule has 0 aliphatic rings. The third-order valence-corrected chi connectivity index (χ3v) is 3.66. The number of ether oxygens (including phenoxy) is 3. The molecule has 0 N–H and O–H groups in total. The monoisotopic (exact) mass is 415 g/mol. The second-order valence-corrected chi connectivity index (χ2v) is 8.84. The Morgan fingerprint density at radius 3 is 1.86 bits per heavy atom. The van der Waals surface area contributed by atoms with Crippen LogP contribution in [0.5, 0.6) is 0 Å². The molecule has 1 amide bonds. The topological polar surface area (TPSA) is 99.2 Å². The van der Waals surface area contributed by atoms with Gasteiger partial charge in [0.15, 0.2) is 0 Å². The SMILES string of the molecule is CCOC(=O)CCCC(=O)N(C)[C@@H](CCC(=O)OC(C)(C)C)C(=O)OC(C)(C)C. The summed E-state index contributed by atoms with van der Waals surface area (Å²) in [6.07, 6.45) is 0.587. The molecule has 0 aromatic heterocycles. The summed E-state index contributed by atoms with van der Waals surface area (Å²) in [6.45, 7) is 12.5. The van der Waals surface area contributed by atoms with E-state index in [-0.39, 0.29) is 44.2 Å². The van der Waals surface area contributed by atoms with E-state index in [0.717, 1.165) is 0 Å². The number of likely N-dealkylation sites (N-methyl/N-ethyl adjacent to an activating group) is 1. The number of rotatable bonds is 10. The van der Waals surface area contributed by atoms with Crippen LogP contribution in [0.1, 0.15) is 80.6 Å². The van der Waals surface area contributed by atoms with Crippen molar-refractivity contribution in [3.63, 3.8) is 0 Å². The molecule has 0 aromatic rings. The molecule has 0 fully saturated rings. The Labute approximate surface area is 174 Å². The molecule has 0 unspecified atom stereocenters. The van der Waals surface area contributed by atoms with E-state index < -0.39 is 29.2 Å². The highest BCUT2D eigenvalue weighted by molar-refractivity contribution is 5.85. The summed E-state index contributed by atoms with van der Waals surface area (Å²) in [5.74, 6) is -1.71. The zero-order valence-electron chi connectivity index (χ0n) is 19.1. The van der Waals surface area contributed by atoms with Gasteiger partial charge < -0.3 is 19.1 Å². The van der Waals surface area contributed by atoms with Crippen LogP contribution < -0.4 is 0 Å². The zero-order valence-corrected chi connectivity index (χ0v) is 19.1. The Kier molecular flexibility index (Phi) is 10.9. The fourth-order valence-corrected chi connectivity index (χ4v) is 2.45. The van der Waals surface area contributed by atoms with Gasteiger partial charge in [-0.3, -0.25) is 14.4 Å². The molecule has 0 aliphatic heterocycles. The summed E-state index contributed by atoms with van der Waals surface area (Å²) in [5.41, 5.74) is -1.36. The molecule has 0 aliphatic carbocycles. The minimum Gasteiger partial charge on any atom is -0.466 e. The van der Waals surface area contributed by atoms with Crippen molar-refractivity contribution in [2.75, 3.05) is 13.7 Å². The highest BCUT2D eigenvalue weighted by Gasteiger charge is 2.32. The van der Waals surface area contributed by atoms with Crippen LogP contribution in [0.4, 0.5) is 0 Å². The van der Waals surface area contributed by atoms with Gasteiger partial charge in [-0.1, -0.05) is 0 Å². The van der Waals surface area contributed by atoms with Crippen LogP contribution in [0.25, 0.3) is 0 Å². The van der Waals surface area contributed by atoms with Gasteiger partial charge in [0.25, 0.3) is 0 Å². The molecular weight excluding hydrogens is 378 g/mol. The van der Waals surface area contributed by atoms with E-state index in [4.69, 9.17) is 14.2 Å². The summed E-state index contributed by atoms with van der Waals surface area (Å²) in [5, 5.41) is 0. The molecule has 8 nitrogen and oxygen atoms in total. The van der Waals surface area contributed by atoms with Gasteiger partial charge in [-0.25, -0.2) is 4.79 Å². The van der Waals surface area contributed by atoms with Gasteiger partial charge in [0.05, 0.1) is 6.61 Å². The summed E-state index contributed by atoms with van der Waals surface area (Å²) in [4.78, 5) is 49.9. The molecule has 0 saturated carbocycles. The van der Waals surface area contributed by atoms with Gasteiger partial charge in [-0.2, -0.15) is 0 Å². The largest absolute Gasteiger partial charge is 0.466 e. The first-order valence-electron chi connectivity index (χ1n) is 10.0. The fraction of sp³-hybridized carbons (Fsp3) is 0.810. The molecule has 1 atom stereocenters. The lowest BCUT2D eigenvalue weighted by atomic mass is 10.1. The Balaban J connectivity index is 5.02. The number of carbonyl (C=O) groups excluding carboxylic acids is 4. The van der Waals surface area contributed by atoms with E-state index >= 15 is 0 Å². The number of amides is 1. The van der Waals surface area contributed by atoms with Gasteiger partial charge in [0, 0.05) is 26.3 Å². The molecule has 0 aromatic carbocycles. The Hall–Kier alpha value is -2.12. The number of nitrogens with zero attached hydrogens (tertiary/aromatic N) is 1. The standard InChI is InChI=1S/C21H37NO7/c1-9-27-17(24)12-10-11-16(23)22(8)15(19(26)29-21(5,6)7)13-14-18(25)28-20(2,3)4/h15H,9-14H2,1-8H3/t15-/m0/s1. The van der Waals surface area contributed by atoms with E-state index in [2.05, 4.69) is 0 Å². The molecule has 0 bridgehead atoms. The second kappa shape index (κ2) is 11.8. The Morgan fingerprint density at radius 2 is 1.38 bits per heavy atom. The van der Waals surface area contributed by atoms with Crippen molar-refractivity contribution in [1.29, 1.82) is 0 Å². The predicted molar refractivity (Wildman–Crippen MR) is 108 cm³/mol. The molecule has 0 radical (unpaired) electrons. The van der Waals surface area contributed by atoms with Crippen molar-refractivity contribution in [3.05, 3.63) is 0 Å². The average molecular weight is 416 g/mol. The zero-order chi connectivity index (χ0) is 22.8. The third kappa shape index (κ3) is 12.9. The molecule has 29 heavy (non-hydrogen) atoms. The predicted octanol–water partition coefficient (Wildman–Crippen LogP) is 3.01. The van der Waals surface area contributed by atoms with Crippen LogP contribution in [0.2, 0.25) is 0 Å². The van der Waals surface area contributed by atoms with Crippen LogP contribution in [-0.4, -0.2) is 59.6 Å². The maximum Gasteiger partial charge on any atom is 0.329 e. The summed E-state index contributed by atoms with van der Waals surface area (Å²) >= 11 is 0. The van der Waals surface area contributed by atoms with Crippen molar-refractivity contribution in [2.24, 2.45) is 0 Å². The fourth-order valence-electron chi connectivity index (χ4n) is 2.45. The first-order chi connectivity index (χ1) is 13.2. The quantitative estimate of drug-likeness (QED) is 0.399. The smallest absolute Gasteiger partial charge is 0.329 e. The normalized spacial score (nSPS) is 12.7.